The largest absolute Gasteiger partial charge is 0.313 e. The van der Waals surface area contributed by atoms with E-state index in [1.54, 1.807) is 0 Å². The highest BCUT2D eigenvalue weighted by molar-refractivity contribution is 5.29. The highest BCUT2D eigenvalue weighted by atomic mass is 15.3. The number of rotatable bonds is 5. The first-order valence-corrected chi connectivity index (χ1v) is 5.85. The van der Waals surface area contributed by atoms with Crippen molar-refractivity contribution in [2.24, 2.45) is 7.05 Å². The van der Waals surface area contributed by atoms with Gasteiger partial charge < -0.3 is 5.32 Å². The van der Waals surface area contributed by atoms with Crippen LogP contribution in [0.1, 0.15) is 42.8 Å². The molecule has 3 nitrogen and oxygen atoms in total. The van der Waals surface area contributed by atoms with Gasteiger partial charge in [-0.15, -0.1) is 0 Å². The average molecular weight is 221 g/mol. The van der Waals surface area contributed by atoms with Crippen molar-refractivity contribution in [3.05, 3.63) is 29.1 Å². The molecule has 1 N–H and O–H groups in total. The molecule has 0 saturated carbocycles. The van der Waals surface area contributed by atoms with E-state index in [1.807, 2.05) is 18.8 Å². The Bertz CT molecular complexity index is 377. The molecule has 0 spiro atoms. The fourth-order valence-electron chi connectivity index (χ4n) is 2.08. The highest BCUT2D eigenvalue weighted by Crippen LogP contribution is 2.26. The molecule has 0 saturated heterocycles. The van der Waals surface area contributed by atoms with Crippen LogP contribution in [0.2, 0.25) is 0 Å². The fraction of sp³-hybridized carbons (Fsp3) is 0.615. The SMILES string of the molecule is C=C(CC)CC(NC)c1c(C)nn(C)c1C. The average Bonchev–Trinajstić information content (AvgIpc) is 2.50. The first-order valence-electron chi connectivity index (χ1n) is 5.85. The first-order chi connectivity index (χ1) is 7.51. The number of hydrogen-bond acceptors (Lipinski definition) is 2. The van der Waals surface area contributed by atoms with Gasteiger partial charge in [0.05, 0.1) is 5.69 Å². The van der Waals surface area contributed by atoms with Crippen LogP contribution < -0.4 is 5.32 Å². The monoisotopic (exact) mass is 221 g/mol. The predicted molar refractivity (Wildman–Crippen MR) is 68.5 cm³/mol. The molecule has 90 valence electrons. The third-order valence-corrected chi connectivity index (χ3v) is 3.25. The lowest BCUT2D eigenvalue weighted by atomic mass is 9.97. The zero-order valence-electron chi connectivity index (χ0n) is 11.1. The van der Waals surface area contributed by atoms with Crippen LogP contribution in [0.4, 0.5) is 0 Å². The molecule has 0 radical (unpaired) electrons. The van der Waals surface area contributed by atoms with Crippen molar-refractivity contribution < 1.29 is 0 Å². The normalized spacial score (nSPS) is 12.8. The molecule has 0 aromatic carbocycles. The number of aromatic nitrogens is 2. The second-order valence-electron chi connectivity index (χ2n) is 4.36. The number of nitrogens with zero attached hydrogens (tertiary/aromatic N) is 2. The minimum atomic E-state index is 0.334. The van der Waals surface area contributed by atoms with E-state index >= 15 is 0 Å². The molecule has 1 heterocycles. The molecular weight excluding hydrogens is 198 g/mol. The number of nitrogens with one attached hydrogen (secondary N) is 1. The van der Waals surface area contributed by atoms with Gasteiger partial charge in [-0.2, -0.15) is 5.10 Å². The molecule has 1 atom stereocenters. The number of aryl methyl sites for hydroxylation is 2. The predicted octanol–water partition coefficient (Wildman–Crippen LogP) is 2.65. The van der Waals surface area contributed by atoms with Crippen LogP contribution in [-0.2, 0) is 7.05 Å². The van der Waals surface area contributed by atoms with E-state index in [2.05, 4.69) is 37.8 Å². The van der Waals surface area contributed by atoms with Crippen molar-refractivity contribution in [3.63, 3.8) is 0 Å². The Morgan fingerprint density at radius 2 is 2.12 bits per heavy atom. The molecule has 1 unspecified atom stereocenters. The van der Waals surface area contributed by atoms with E-state index < -0.39 is 0 Å². The fourth-order valence-corrected chi connectivity index (χ4v) is 2.08. The third kappa shape index (κ3) is 2.53. The quantitative estimate of drug-likeness (QED) is 0.775. The summed E-state index contributed by atoms with van der Waals surface area (Å²) >= 11 is 0. The first kappa shape index (κ1) is 13.0. The lowest BCUT2D eigenvalue weighted by Crippen LogP contribution is -2.18. The minimum Gasteiger partial charge on any atom is -0.313 e. The van der Waals surface area contributed by atoms with Crippen molar-refractivity contribution in [1.29, 1.82) is 0 Å². The Kier molecular flexibility index (Phi) is 4.30. The lowest BCUT2D eigenvalue weighted by Gasteiger charge is -2.18. The Hall–Kier alpha value is -1.09. The minimum absolute atomic E-state index is 0.334. The standard InChI is InChI=1S/C13H23N3/c1-7-9(2)8-12(14-5)13-10(3)15-16(6)11(13)4/h12,14H,2,7-8H2,1,3-6H3. The summed E-state index contributed by atoms with van der Waals surface area (Å²) in [6, 6.07) is 0.334. The van der Waals surface area contributed by atoms with E-state index in [1.165, 1.54) is 16.8 Å². The molecule has 1 aromatic heterocycles. The van der Waals surface area contributed by atoms with Crippen LogP contribution in [0.3, 0.4) is 0 Å². The molecule has 1 rings (SSSR count). The van der Waals surface area contributed by atoms with Gasteiger partial charge in [0.15, 0.2) is 0 Å². The Morgan fingerprint density at radius 1 is 1.50 bits per heavy atom. The molecule has 0 amide bonds. The van der Waals surface area contributed by atoms with Gasteiger partial charge in [0.25, 0.3) is 0 Å². The van der Waals surface area contributed by atoms with E-state index in [9.17, 15) is 0 Å². The maximum Gasteiger partial charge on any atom is 0.0644 e. The van der Waals surface area contributed by atoms with Crippen LogP contribution in [0.5, 0.6) is 0 Å². The van der Waals surface area contributed by atoms with Crippen LogP contribution >= 0.6 is 0 Å². The van der Waals surface area contributed by atoms with Crippen molar-refractivity contribution in [1.82, 2.24) is 15.1 Å². The van der Waals surface area contributed by atoms with E-state index in [4.69, 9.17) is 0 Å². The topological polar surface area (TPSA) is 29.9 Å². The van der Waals surface area contributed by atoms with Gasteiger partial charge in [0.2, 0.25) is 0 Å². The zero-order valence-corrected chi connectivity index (χ0v) is 11.1. The number of hydrogen-bond donors (Lipinski definition) is 1. The van der Waals surface area contributed by atoms with E-state index in [0.29, 0.717) is 6.04 Å². The summed E-state index contributed by atoms with van der Waals surface area (Å²) in [5, 5.41) is 7.82. The van der Waals surface area contributed by atoms with Gasteiger partial charge in [-0.05, 0) is 33.7 Å². The van der Waals surface area contributed by atoms with Crippen LogP contribution in [-0.4, -0.2) is 16.8 Å². The van der Waals surface area contributed by atoms with Crippen LogP contribution in [0, 0.1) is 13.8 Å². The van der Waals surface area contributed by atoms with Crippen LogP contribution in [0.25, 0.3) is 0 Å². The smallest absolute Gasteiger partial charge is 0.0644 e. The second kappa shape index (κ2) is 5.30. The molecule has 0 aliphatic rings. The summed E-state index contributed by atoms with van der Waals surface area (Å²) in [7, 11) is 3.99. The van der Waals surface area contributed by atoms with Crippen molar-refractivity contribution >= 4 is 0 Å². The lowest BCUT2D eigenvalue weighted by molar-refractivity contribution is 0.575. The summed E-state index contributed by atoms with van der Waals surface area (Å²) in [5.74, 6) is 0. The zero-order chi connectivity index (χ0) is 12.3. The van der Waals surface area contributed by atoms with Gasteiger partial charge in [0.1, 0.15) is 0 Å². The van der Waals surface area contributed by atoms with Gasteiger partial charge in [-0.3, -0.25) is 4.68 Å². The third-order valence-electron chi connectivity index (χ3n) is 3.25. The van der Waals surface area contributed by atoms with Gasteiger partial charge in [-0.1, -0.05) is 19.1 Å². The molecule has 0 aliphatic heterocycles. The van der Waals surface area contributed by atoms with Crippen LogP contribution in [0.15, 0.2) is 12.2 Å². The molecule has 3 heteroatoms. The van der Waals surface area contributed by atoms with Crippen molar-refractivity contribution in [3.8, 4) is 0 Å². The Labute approximate surface area is 98.5 Å². The Balaban J connectivity index is 2.99. The molecule has 0 aliphatic carbocycles. The van der Waals surface area contributed by atoms with E-state index in [-0.39, 0.29) is 0 Å². The van der Waals surface area contributed by atoms with Gasteiger partial charge >= 0.3 is 0 Å². The van der Waals surface area contributed by atoms with Gasteiger partial charge in [-0.25, -0.2) is 0 Å². The maximum atomic E-state index is 4.46. The van der Waals surface area contributed by atoms with E-state index in [0.717, 1.165) is 18.5 Å². The molecule has 0 bridgehead atoms. The summed E-state index contributed by atoms with van der Waals surface area (Å²) < 4.78 is 1.95. The van der Waals surface area contributed by atoms with Crippen molar-refractivity contribution in [2.45, 2.75) is 39.7 Å². The summed E-state index contributed by atoms with van der Waals surface area (Å²) in [4.78, 5) is 0. The molecule has 16 heavy (non-hydrogen) atoms. The summed E-state index contributed by atoms with van der Waals surface area (Å²) in [5.41, 5.74) is 4.95. The summed E-state index contributed by atoms with van der Waals surface area (Å²) in [6.45, 7) is 10.4. The Morgan fingerprint density at radius 3 is 2.50 bits per heavy atom. The maximum absolute atomic E-state index is 4.46. The molecular formula is C13H23N3. The van der Waals surface area contributed by atoms with Gasteiger partial charge in [0, 0.05) is 24.3 Å². The molecule has 1 aromatic rings. The van der Waals surface area contributed by atoms with Crippen molar-refractivity contribution in [2.75, 3.05) is 7.05 Å². The summed E-state index contributed by atoms with van der Waals surface area (Å²) in [6.07, 6.45) is 2.02. The highest BCUT2D eigenvalue weighted by Gasteiger charge is 2.18. The molecule has 0 fully saturated rings. The second-order valence-corrected chi connectivity index (χ2v) is 4.36.